The molecular weight excluding hydrogens is 284 g/mol. The Labute approximate surface area is 139 Å². The van der Waals surface area contributed by atoms with Crippen molar-refractivity contribution in [2.24, 2.45) is 5.92 Å². The van der Waals surface area contributed by atoms with E-state index in [1.54, 1.807) is 0 Å². The second kappa shape index (κ2) is 6.64. The number of hydrogen-bond acceptors (Lipinski definition) is 2. The molecule has 124 valence electrons. The van der Waals surface area contributed by atoms with Crippen LogP contribution in [-0.2, 0) is 6.54 Å². The van der Waals surface area contributed by atoms with E-state index in [-0.39, 0.29) is 5.91 Å². The Bertz CT molecular complexity index is 557. The lowest BCUT2D eigenvalue weighted by Crippen LogP contribution is -2.46. The fourth-order valence-corrected chi connectivity index (χ4v) is 4.72. The van der Waals surface area contributed by atoms with E-state index in [4.69, 9.17) is 0 Å². The normalized spacial score (nSPS) is 24.2. The summed E-state index contributed by atoms with van der Waals surface area (Å²) in [6.45, 7) is 4.45. The average molecular weight is 312 g/mol. The summed E-state index contributed by atoms with van der Waals surface area (Å²) < 4.78 is 0. The molecule has 0 spiro atoms. The lowest BCUT2D eigenvalue weighted by Gasteiger charge is -2.38. The monoisotopic (exact) mass is 312 g/mol. The number of benzene rings is 1. The van der Waals surface area contributed by atoms with Crippen LogP contribution in [-0.4, -0.2) is 41.4 Å². The molecule has 0 bridgehead atoms. The Morgan fingerprint density at radius 1 is 0.957 bits per heavy atom. The Morgan fingerprint density at radius 3 is 2.43 bits per heavy atom. The molecule has 1 amide bonds. The second-order valence-electron chi connectivity index (χ2n) is 7.63. The van der Waals surface area contributed by atoms with Crippen molar-refractivity contribution in [1.29, 1.82) is 0 Å². The topological polar surface area (TPSA) is 23.6 Å². The molecule has 0 atom stereocenters. The SMILES string of the molecule is O=C1c2ccccc2CN1C1CCN(CC2CCCCC2)CC1. The van der Waals surface area contributed by atoms with Gasteiger partial charge in [-0.1, -0.05) is 37.5 Å². The van der Waals surface area contributed by atoms with Crippen LogP contribution in [0.2, 0.25) is 0 Å². The number of rotatable bonds is 3. The summed E-state index contributed by atoms with van der Waals surface area (Å²) in [7, 11) is 0. The molecule has 1 aromatic carbocycles. The van der Waals surface area contributed by atoms with Gasteiger partial charge in [-0.25, -0.2) is 0 Å². The van der Waals surface area contributed by atoms with E-state index in [0.29, 0.717) is 6.04 Å². The third-order valence-electron chi connectivity index (χ3n) is 6.09. The van der Waals surface area contributed by atoms with Gasteiger partial charge in [0.1, 0.15) is 0 Å². The zero-order valence-electron chi connectivity index (χ0n) is 14.0. The number of piperidine rings is 1. The first kappa shape index (κ1) is 15.2. The predicted octanol–water partition coefficient (Wildman–Crippen LogP) is 3.69. The minimum Gasteiger partial charge on any atom is -0.331 e. The third-order valence-corrected chi connectivity index (χ3v) is 6.09. The van der Waals surface area contributed by atoms with Crippen LogP contribution in [0.3, 0.4) is 0 Å². The highest BCUT2D eigenvalue weighted by atomic mass is 16.2. The Morgan fingerprint density at radius 2 is 1.70 bits per heavy atom. The summed E-state index contributed by atoms with van der Waals surface area (Å²) in [6.07, 6.45) is 9.46. The van der Waals surface area contributed by atoms with Gasteiger partial charge in [-0.2, -0.15) is 0 Å². The van der Waals surface area contributed by atoms with Crippen LogP contribution >= 0.6 is 0 Å². The maximum Gasteiger partial charge on any atom is 0.254 e. The van der Waals surface area contributed by atoms with Crippen LogP contribution in [0.4, 0.5) is 0 Å². The first-order valence-corrected chi connectivity index (χ1v) is 9.42. The summed E-state index contributed by atoms with van der Waals surface area (Å²) in [5.74, 6) is 1.18. The van der Waals surface area contributed by atoms with Gasteiger partial charge in [-0.15, -0.1) is 0 Å². The van der Waals surface area contributed by atoms with Crippen LogP contribution < -0.4 is 0 Å². The molecule has 0 radical (unpaired) electrons. The van der Waals surface area contributed by atoms with E-state index >= 15 is 0 Å². The van der Waals surface area contributed by atoms with Crippen LogP contribution in [0.1, 0.15) is 60.9 Å². The number of fused-ring (bicyclic) bond motifs is 1. The molecule has 0 N–H and O–H groups in total. The molecule has 1 saturated carbocycles. The molecule has 1 aromatic rings. The first-order valence-electron chi connectivity index (χ1n) is 9.42. The predicted molar refractivity (Wildman–Crippen MR) is 92.4 cm³/mol. The van der Waals surface area contributed by atoms with Crippen molar-refractivity contribution in [1.82, 2.24) is 9.80 Å². The van der Waals surface area contributed by atoms with Crippen LogP contribution in [0.5, 0.6) is 0 Å². The van der Waals surface area contributed by atoms with E-state index in [2.05, 4.69) is 15.9 Å². The average Bonchev–Trinajstić information content (AvgIpc) is 2.94. The quantitative estimate of drug-likeness (QED) is 0.850. The molecule has 0 unspecified atom stereocenters. The Hall–Kier alpha value is -1.35. The van der Waals surface area contributed by atoms with Crippen molar-refractivity contribution in [2.75, 3.05) is 19.6 Å². The van der Waals surface area contributed by atoms with E-state index in [1.807, 2.05) is 18.2 Å². The summed E-state index contributed by atoms with van der Waals surface area (Å²) in [4.78, 5) is 17.4. The summed E-state index contributed by atoms with van der Waals surface area (Å²) in [6, 6.07) is 8.55. The maximum atomic E-state index is 12.6. The molecule has 23 heavy (non-hydrogen) atoms. The number of amides is 1. The van der Waals surface area contributed by atoms with E-state index < -0.39 is 0 Å². The van der Waals surface area contributed by atoms with Crippen LogP contribution in [0.15, 0.2) is 24.3 Å². The minimum atomic E-state index is 0.256. The molecule has 0 aromatic heterocycles. The smallest absolute Gasteiger partial charge is 0.254 e. The maximum absolute atomic E-state index is 12.6. The summed E-state index contributed by atoms with van der Waals surface area (Å²) >= 11 is 0. The van der Waals surface area contributed by atoms with Gasteiger partial charge in [0.25, 0.3) is 5.91 Å². The summed E-state index contributed by atoms with van der Waals surface area (Å²) in [5.41, 5.74) is 2.14. The molecule has 3 heteroatoms. The van der Waals surface area contributed by atoms with Gasteiger partial charge in [0.15, 0.2) is 0 Å². The summed E-state index contributed by atoms with van der Waals surface area (Å²) in [5, 5.41) is 0. The van der Waals surface area contributed by atoms with Crippen molar-refractivity contribution in [2.45, 2.75) is 57.5 Å². The van der Waals surface area contributed by atoms with Crippen molar-refractivity contribution >= 4 is 5.91 Å². The molecular formula is C20H28N2O. The van der Waals surface area contributed by atoms with Crippen molar-refractivity contribution in [3.05, 3.63) is 35.4 Å². The van der Waals surface area contributed by atoms with Gasteiger partial charge >= 0.3 is 0 Å². The van der Waals surface area contributed by atoms with Crippen LogP contribution in [0.25, 0.3) is 0 Å². The Balaban J connectivity index is 1.31. The third kappa shape index (κ3) is 3.16. The second-order valence-corrected chi connectivity index (χ2v) is 7.63. The fourth-order valence-electron chi connectivity index (χ4n) is 4.72. The standard InChI is InChI=1S/C20H28N2O/c23-20-19-9-5-4-8-17(19)15-22(20)18-10-12-21(13-11-18)14-16-6-2-1-3-7-16/h4-5,8-9,16,18H,1-3,6-7,10-15H2. The van der Waals surface area contributed by atoms with Gasteiger partial charge in [-0.05, 0) is 43.2 Å². The van der Waals surface area contributed by atoms with Crippen molar-refractivity contribution in [3.63, 3.8) is 0 Å². The first-order chi connectivity index (χ1) is 11.3. The number of carbonyl (C=O) groups is 1. The van der Waals surface area contributed by atoms with Gasteiger partial charge in [-0.3, -0.25) is 4.79 Å². The largest absolute Gasteiger partial charge is 0.331 e. The minimum absolute atomic E-state index is 0.256. The lowest BCUT2D eigenvalue weighted by atomic mass is 9.88. The van der Waals surface area contributed by atoms with Crippen LogP contribution in [0, 0.1) is 5.92 Å². The van der Waals surface area contributed by atoms with Crippen molar-refractivity contribution in [3.8, 4) is 0 Å². The lowest BCUT2D eigenvalue weighted by molar-refractivity contribution is 0.0573. The highest BCUT2D eigenvalue weighted by Gasteiger charge is 2.34. The molecule has 1 aliphatic carbocycles. The molecule has 3 aliphatic rings. The highest BCUT2D eigenvalue weighted by Crippen LogP contribution is 2.30. The molecule has 2 aliphatic heterocycles. The molecule has 2 heterocycles. The molecule has 1 saturated heterocycles. The number of likely N-dealkylation sites (tertiary alicyclic amines) is 1. The van der Waals surface area contributed by atoms with E-state index in [9.17, 15) is 4.79 Å². The van der Waals surface area contributed by atoms with Gasteiger partial charge in [0, 0.05) is 37.8 Å². The fraction of sp³-hybridized carbons (Fsp3) is 0.650. The number of hydrogen-bond donors (Lipinski definition) is 0. The zero-order valence-corrected chi connectivity index (χ0v) is 14.0. The van der Waals surface area contributed by atoms with Gasteiger partial charge in [0.2, 0.25) is 0 Å². The van der Waals surface area contributed by atoms with Gasteiger partial charge < -0.3 is 9.80 Å². The number of nitrogens with zero attached hydrogens (tertiary/aromatic N) is 2. The zero-order chi connectivity index (χ0) is 15.6. The number of carbonyl (C=O) groups excluding carboxylic acids is 1. The van der Waals surface area contributed by atoms with E-state index in [1.165, 1.54) is 57.3 Å². The molecule has 4 rings (SSSR count). The van der Waals surface area contributed by atoms with Gasteiger partial charge in [0.05, 0.1) is 0 Å². The molecule has 2 fully saturated rings. The van der Waals surface area contributed by atoms with E-state index in [0.717, 1.165) is 30.9 Å². The molecule has 3 nitrogen and oxygen atoms in total. The Kier molecular flexibility index (Phi) is 4.39. The highest BCUT2D eigenvalue weighted by molar-refractivity contribution is 5.98. The van der Waals surface area contributed by atoms with Crippen molar-refractivity contribution < 1.29 is 4.79 Å².